The van der Waals surface area contributed by atoms with Crippen LogP contribution in [0.3, 0.4) is 0 Å². The van der Waals surface area contributed by atoms with Gasteiger partial charge in [-0.05, 0) is 43.1 Å². The Kier molecular flexibility index (Phi) is 4.74. The lowest BCUT2D eigenvalue weighted by molar-refractivity contribution is -0.384. The number of nitro groups is 1. The Morgan fingerprint density at radius 2 is 2.20 bits per heavy atom. The molecule has 0 fully saturated rings. The lowest BCUT2D eigenvalue weighted by Gasteiger charge is -2.08. The molecule has 1 aliphatic rings. The molecular weight excluding hydrogens is 360 g/mol. The number of carbonyl (C=O) groups excluding carboxylic acids is 1. The maximum absolute atomic E-state index is 12.2. The van der Waals surface area contributed by atoms with E-state index in [0.29, 0.717) is 10.6 Å². The summed E-state index contributed by atoms with van der Waals surface area (Å²) in [5, 5.41) is 26.2. The van der Waals surface area contributed by atoms with Crippen LogP contribution in [-0.2, 0) is 12.8 Å². The van der Waals surface area contributed by atoms with Gasteiger partial charge in [0.15, 0.2) is 5.11 Å². The van der Waals surface area contributed by atoms with Crippen LogP contribution in [0.15, 0.2) is 24.3 Å². The van der Waals surface area contributed by atoms with Crippen molar-refractivity contribution in [2.75, 3.05) is 5.32 Å². The Morgan fingerprint density at radius 3 is 2.92 bits per heavy atom. The van der Waals surface area contributed by atoms with E-state index >= 15 is 0 Å². The zero-order valence-electron chi connectivity index (χ0n) is 12.9. The van der Waals surface area contributed by atoms with Crippen molar-refractivity contribution >= 4 is 45.3 Å². The largest absolute Gasteiger partial charge is 0.323 e. The quantitative estimate of drug-likeness (QED) is 0.487. The van der Waals surface area contributed by atoms with Gasteiger partial charge in [0.1, 0.15) is 11.1 Å². The summed E-state index contributed by atoms with van der Waals surface area (Å²) in [4.78, 5) is 23.6. The number of aryl methyl sites for hydroxylation is 1. The number of thiophene rings is 1. The van der Waals surface area contributed by atoms with E-state index in [1.165, 1.54) is 40.5 Å². The molecule has 0 aliphatic heterocycles. The number of amides is 1. The summed E-state index contributed by atoms with van der Waals surface area (Å²) in [5.41, 5.74) is 1.59. The zero-order chi connectivity index (χ0) is 18.0. The van der Waals surface area contributed by atoms with Crippen molar-refractivity contribution in [1.29, 1.82) is 5.26 Å². The van der Waals surface area contributed by atoms with Crippen molar-refractivity contribution < 1.29 is 9.72 Å². The van der Waals surface area contributed by atoms with Gasteiger partial charge in [-0.15, -0.1) is 11.3 Å². The number of thiocarbonyl (C=S) groups is 1. The van der Waals surface area contributed by atoms with E-state index in [1.54, 1.807) is 0 Å². The minimum atomic E-state index is -0.570. The second kappa shape index (κ2) is 6.96. The number of nitrogens with zero attached hydrogens (tertiary/aromatic N) is 2. The number of nitriles is 1. The first-order valence-electron chi connectivity index (χ1n) is 7.41. The van der Waals surface area contributed by atoms with Crippen LogP contribution in [0, 0.1) is 21.4 Å². The molecule has 0 bridgehead atoms. The molecule has 2 N–H and O–H groups in total. The number of carbonyl (C=O) groups is 1. The molecule has 25 heavy (non-hydrogen) atoms. The third-order valence-corrected chi connectivity index (χ3v) is 5.22. The van der Waals surface area contributed by atoms with E-state index in [0.717, 1.165) is 24.8 Å². The van der Waals surface area contributed by atoms with E-state index in [-0.39, 0.29) is 16.4 Å². The van der Waals surface area contributed by atoms with Crippen LogP contribution >= 0.6 is 23.6 Å². The van der Waals surface area contributed by atoms with Gasteiger partial charge < -0.3 is 5.32 Å². The van der Waals surface area contributed by atoms with Gasteiger partial charge in [-0.1, -0.05) is 6.07 Å². The fourth-order valence-electron chi connectivity index (χ4n) is 2.68. The number of rotatable bonds is 3. The second-order valence-corrected chi connectivity index (χ2v) is 6.90. The van der Waals surface area contributed by atoms with Crippen LogP contribution in [0.5, 0.6) is 0 Å². The molecule has 1 amide bonds. The Morgan fingerprint density at radius 1 is 1.40 bits per heavy atom. The molecule has 9 heteroatoms. The number of non-ortho nitro benzene ring substituents is 1. The fraction of sp³-hybridized carbons (Fsp3) is 0.188. The molecule has 7 nitrogen and oxygen atoms in total. The van der Waals surface area contributed by atoms with Gasteiger partial charge >= 0.3 is 0 Å². The van der Waals surface area contributed by atoms with Gasteiger partial charge in [0, 0.05) is 22.6 Å². The van der Waals surface area contributed by atoms with Gasteiger partial charge in [0.25, 0.3) is 11.6 Å². The van der Waals surface area contributed by atoms with Crippen molar-refractivity contribution in [2.24, 2.45) is 0 Å². The minimum Gasteiger partial charge on any atom is -0.323 e. The summed E-state index contributed by atoms with van der Waals surface area (Å²) >= 11 is 6.60. The molecule has 2 aromatic rings. The summed E-state index contributed by atoms with van der Waals surface area (Å²) in [7, 11) is 0. The predicted octanol–water partition coefficient (Wildman–Crippen LogP) is 3.14. The van der Waals surface area contributed by atoms with Crippen LogP contribution < -0.4 is 10.6 Å². The highest BCUT2D eigenvalue weighted by molar-refractivity contribution is 7.80. The topological polar surface area (TPSA) is 108 Å². The number of hydrogen-bond donors (Lipinski definition) is 2. The molecule has 0 spiro atoms. The van der Waals surface area contributed by atoms with Crippen molar-refractivity contribution in [3.63, 3.8) is 0 Å². The first-order chi connectivity index (χ1) is 12.0. The molecule has 0 unspecified atom stereocenters. The Bertz CT molecular complexity index is 930. The Labute approximate surface area is 152 Å². The molecule has 0 radical (unpaired) electrons. The van der Waals surface area contributed by atoms with Crippen LogP contribution in [0.2, 0.25) is 0 Å². The molecule has 0 saturated heterocycles. The van der Waals surface area contributed by atoms with Crippen molar-refractivity contribution in [2.45, 2.75) is 19.3 Å². The van der Waals surface area contributed by atoms with E-state index in [1.807, 2.05) is 0 Å². The first-order valence-corrected chi connectivity index (χ1v) is 8.63. The monoisotopic (exact) mass is 372 g/mol. The molecule has 1 aliphatic carbocycles. The fourth-order valence-corrected chi connectivity index (χ4v) is 4.18. The Hall–Kier alpha value is -2.83. The number of nitrogens with one attached hydrogen (secondary N) is 2. The van der Waals surface area contributed by atoms with E-state index in [4.69, 9.17) is 12.2 Å². The molecule has 3 rings (SSSR count). The van der Waals surface area contributed by atoms with E-state index < -0.39 is 10.8 Å². The number of benzene rings is 1. The van der Waals surface area contributed by atoms with Gasteiger partial charge in [-0.3, -0.25) is 20.2 Å². The number of fused-ring (bicyclic) bond motifs is 1. The zero-order valence-corrected chi connectivity index (χ0v) is 14.5. The maximum atomic E-state index is 12.2. The molecule has 0 atom stereocenters. The SMILES string of the molecule is N#Cc1c(NC(=S)NC(=O)c2cccc([N+](=O)[O-])c2)sc2c1CCC2. The second-order valence-electron chi connectivity index (χ2n) is 5.39. The normalized spacial score (nSPS) is 12.1. The third kappa shape index (κ3) is 3.50. The third-order valence-electron chi connectivity index (χ3n) is 3.81. The van der Waals surface area contributed by atoms with Gasteiger partial charge in [0.05, 0.1) is 10.5 Å². The van der Waals surface area contributed by atoms with E-state index in [9.17, 15) is 20.2 Å². The van der Waals surface area contributed by atoms with Crippen LogP contribution in [0.4, 0.5) is 10.7 Å². The molecule has 1 aromatic heterocycles. The van der Waals surface area contributed by atoms with Gasteiger partial charge in [-0.25, -0.2) is 0 Å². The van der Waals surface area contributed by atoms with Crippen molar-refractivity contribution in [1.82, 2.24) is 5.32 Å². The number of anilines is 1. The number of nitro benzene ring substituents is 1. The summed E-state index contributed by atoms with van der Waals surface area (Å²) in [6, 6.07) is 7.57. The Balaban J connectivity index is 1.71. The van der Waals surface area contributed by atoms with Crippen LogP contribution in [0.1, 0.15) is 32.8 Å². The van der Waals surface area contributed by atoms with Crippen LogP contribution in [0.25, 0.3) is 0 Å². The van der Waals surface area contributed by atoms with Gasteiger partial charge in [0.2, 0.25) is 0 Å². The molecule has 0 saturated carbocycles. The summed E-state index contributed by atoms with van der Waals surface area (Å²) in [6.45, 7) is 0. The average Bonchev–Trinajstić information content (AvgIpc) is 3.15. The predicted molar refractivity (Wildman–Crippen MR) is 97.8 cm³/mol. The summed E-state index contributed by atoms with van der Waals surface area (Å²) in [5.74, 6) is -0.552. The van der Waals surface area contributed by atoms with Gasteiger partial charge in [-0.2, -0.15) is 5.26 Å². The lowest BCUT2D eigenvalue weighted by Crippen LogP contribution is -2.34. The maximum Gasteiger partial charge on any atom is 0.270 e. The standard InChI is InChI=1S/C16H12N4O3S2/c17-8-12-11-5-2-6-13(11)25-15(12)19-16(24)18-14(21)9-3-1-4-10(7-9)20(22)23/h1,3-4,7H,2,5-6H2,(H2,18,19,21,24). The minimum absolute atomic E-state index is 0.0490. The summed E-state index contributed by atoms with van der Waals surface area (Å²) in [6.07, 6.45) is 2.87. The van der Waals surface area contributed by atoms with Crippen LogP contribution in [-0.4, -0.2) is 15.9 Å². The molecule has 126 valence electrons. The smallest absolute Gasteiger partial charge is 0.270 e. The van der Waals surface area contributed by atoms with Crippen molar-refractivity contribution in [3.8, 4) is 6.07 Å². The highest BCUT2D eigenvalue weighted by Gasteiger charge is 2.23. The first kappa shape index (κ1) is 17.0. The number of hydrogen-bond acceptors (Lipinski definition) is 6. The lowest BCUT2D eigenvalue weighted by atomic mass is 10.1. The van der Waals surface area contributed by atoms with E-state index in [2.05, 4.69) is 16.7 Å². The molecule has 1 aromatic carbocycles. The van der Waals surface area contributed by atoms with Crippen molar-refractivity contribution in [3.05, 3.63) is 55.9 Å². The highest BCUT2D eigenvalue weighted by Crippen LogP contribution is 2.38. The summed E-state index contributed by atoms with van der Waals surface area (Å²) < 4.78 is 0. The average molecular weight is 372 g/mol. The molecule has 1 heterocycles. The highest BCUT2D eigenvalue weighted by atomic mass is 32.1. The molecular formula is C16H12N4O3S2.